The zero-order valence-electron chi connectivity index (χ0n) is 17.7. The van der Waals surface area contributed by atoms with Crippen LogP contribution in [0.15, 0.2) is 18.2 Å². The van der Waals surface area contributed by atoms with Gasteiger partial charge >= 0.3 is 0 Å². The Kier molecular flexibility index (Phi) is 6.67. The number of nitrogens with zero attached hydrogens (tertiary/aromatic N) is 4. The number of amides is 4. The van der Waals surface area contributed by atoms with Gasteiger partial charge in [0.05, 0.1) is 16.1 Å². The number of nitro benzene ring substituents is 1. The van der Waals surface area contributed by atoms with E-state index >= 15 is 0 Å². The number of fused-ring (bicyclic) bond motifs is 1. The molecular weight excluding hydrogens is 404 g/mol. The summed E-state index contributed by atoms with van der Waals surface area (Å²) in [6.07, 6.45) is 2.16. The Morgan fingerprint density at radius 1 is 1.00 bits per heavy atom. The summed E-state index contributed by atoms with van der Waals surface area (Å²) in [4.78, 5) is 65.1. The highest BCUT2D eigenvalue weighted by Gasteiger charge is 2.38. The molecule has 1 fully saturated rings. The topological polar surface area (TPSA) is 121 Å². The maximum Gasteiger partial charge on any atom is 0.270 e. The summed E-state index contributed by atoms with van der Waals surface area (Å²) in [6, 6.07) is 3.47. The SMILES string of the molecule is CCC(CC)C(=O)N1CCCN(C(=O)CN2C(=O)c3ccc([N+](=O)[O-])cc3C2=O)CC1. The van der Waals surface area contributed by atoms with E-state index in [0.717, 1.165) is 29.9 Å². The molecular formula is C21H26N4O6. The Labute approximate surface area is 179 Å². The minimum absolute atomic E-state index is 0.0235. The lowest BCUT2D eigenvalue weighted by Gasteiger charge is -2.26. The van der Waals surface area contributed by atoms with Gasteiger partial charge in [0, 0.05) is 44.2 Å². The van der Waals surface area contributed by atoms with Crippen molar-refractivity contribution in [2.24, 2.45) is 5.92 Å². The summed E-state index contributed by atoms with van der Waals surface area (Å²) < 4.78 is 0. The molecule has 0 spiro atoms. The Balaban J connectivity index is 1.65. The molecule has 1 aromatic carbocycles. The van der Waals surface area contributed by atoms with Crippen LogP contribution in [-0.4, -0.2) is 76.0 Å². The summed E-state index contributed by atoms with van der Waals surface area (Å²) in [5.74, 6) is -1.66. The number of hydrogen-bond donors (Lipinski definition) is 0. The second-order valence-electron chi connectivity index (χ2n) is 7.76. The standard InChI is InChI=1S/C21H26N4O6/c1-3-14(4-2)19(27)23-9-5-8-22(10-11-23)18(26)13-24-20(28)16-7-6-15(25(30)31)12-17(16)21(24)29/h6-7,12,14H,3-5,8-11,13H2,1-2H3. The van der Waals surface area contributed by atoms with Gasteiger partial charge in [0.25, 0.3) is 17.5 Å². The van der Waals surface area contributed by atoms with Crippen molar-refractivity contribution in [2.75, 3.05) is 32.7 Å². The quantitative estimate of drug-likeness (QED) is 0.385. The highest BCUT2D eigenvalue weighted by molar-refractivity contribution is 6.22. The second-order valence-corrected chi connectivity index (χ2v) is 7.76. The normalized spacial score (nSPS) is 16.5. The molecule has 166 valence electrons. The van der Waals surface area contributed by atoms with Crippen molar-refractivity contribution in [3.05, 3.63) is 39.4 Å². The van der Waals surface area contributed by atoms with Gasteiger partial charge in [-0.2, -0.15) is 0 Å². The third-order valence-electron chi connectivity index (χ3n) is 5.95. The van der Waals surface area contributed by atoms with E-state index in [9.17, 15) is 29.3 Å². The van der Waals surface area contributed by atoms with E-state index in [1.165, 1.54) is 6.07 Å². The molecule has 4 amide bonds. The van der Waals surface area contributed by atoms with E-state index in [1.54, 1.807) is 9.80 Å². The van der Waals surface area contributed by atoms with Crippen LogP contribution < -0.4 is 0 Å². The Hall–Kier alpha value is -3.30. The highest BCUT2D eigenvalue weighted by Crippen LogP contribution is 2.27. The largest absolute Gasteiger partial charge is 0.341 e. The Bertz CT molecular complexity index is 926. The lowest BCUT2D eigenvalue weighted by Crippen LogP contribution is -2.44. The van der Waals surface area contributed by atoms with Gasteiger partial charge < -0.3 is 9.80 Å². The average Bonchev–Trinajstić information content (AvgIpc) is 2.93. The molecule has 0 atom stereocenters. The highest BCUT2D eigenvalue weighted by atomic mass is 16.6. The van der Waals surface area contributed by atoms with Gasteiger partial charge in [-0.15, -0.1) is 0 Å². The third-order valence-corrected chi connectivity index (χ3v) is 5.95. The number of hydrogen-bond acceptors (Lipinski definition) is 6. The second kappa shape index (κ2) is 9.23. The molecule has 0 radical (unpaired) electrons. The lowest BCUT2D eigenvalue weighted by atomic mass is 10.0. The zero-order valence-corrected chi connectivity index (χ0v) is 17.7. The maximum absolute atomic E-state index is 12.8. The monoisotopic (exact) mass is 430 g/mol. The minimum Gasteiger partial charge on any atom is -0.341 e. The van der Waals surface area contributed by atoms with Crippen LogP contribution in [0, 0.1) is 16.0 Å². The molecule has 0 N–H and O–H groups in total. The van der Waals surface area contributed by atoms with Crippen LogP contribution in [0.1, 0.15) is 53.8 Å². The fourth-order valence-electron chi connectivity index (χ4n) is 4.05. The molecule has 10 heteroatoms. The van der Waals surface area contributed by atoms with E-state index in [-0.39, 0.29) is 34.5 Å². The smallest absolute Gasteiger partial charge is 0.270 e. The van der Waals surface area contributed by atoms with Gasteiger partial charge in [-0.05, 0) is 25.3 Å². The number of carbonyl (C=O) groups is 4. The van der Waals surface area contributed by atoms with Crippen molar-refractivity contribution < 1.29 is 24.1 Å². The van der Waals surface area contributed by atoms with Crippen LogP contribution in [0.25, 0.3) is 0 Å². The molecule has 0 bridgehead atoms. The number of carbonyl (C=O) groups excluding carboxylic acids is 4. The Morgan fingerprint density at radius 2 is 1.61 bits per heavy atom. The van der Waals surface area contributed by atoms with Crippen molar-refractivity contribution in [3.8, 4) is 0 Å². The van der Waals surface area contributed by atoms with Crippen LogP contribution in [0.3, 0.4) is 0 Å². The molecule has 0 saturated carbocycles. The molecule has 10 nitrogen and oxygen atoms in total. The molecule has 2 aliphatic heterocycles. The summed E-state index contributed by atoms with van der Waals surface area (Å²) in [7, 11) is 0. The summed E-state index contributed by atoms with van der Waals surface area (Å²) in [5.41, 5.74) is -0.297. The van der Waals surface area contributed by atoms with Crippen LogP contribution >= 0.6 is 0 Å². The lowest BCUT2D eigenvalue weighted by molar-refractivity contribution is -0.384. The fraction of sp³-hybridized carbons (Fsp3) is 0.524. The van der Waals surface area contributed by atoms with E-state index in [4.69, 9.17) is 0 Å². The van der Waals surface area contributed by atoms with Crippen LogP contribution in [0.2, 0.25) is 0 Å². The summed E-state index contributed by atoms with van der Waals surface area (Å²) >= 11 is 0. The number of imide groups is 1. The van der Waals surface area contributed by atoms with Gasteiger partial charge in [-0.25, -0.2) is 0 Å². The summed E-state index contributed by atoms with van der Waals surface area (Å²) in [6.45, 7) is 5.28. The minimum atomic E-state index is -0.711. The van der Waals surface area contributed by atoms with Crippen LogP contribution in [-0.2, 0) is 9.59 Å². The molecule has 1 saturated heterocycles. The van der Waals surface area contributed by atoms with Crippen molar-refractivity contribution >= 4 is 29.3 Å². The van der Waals surface area contributed by atoms with E-state index in [2.05, 4.69) is 0 Å². The van der Waals surface area contributed by atoms with Crippen molar-refractivity contribution in [1.82, 2.24) is 14.7 Å². The first-order valence-corrected chi connectivity index (χ1v) is 10.5. The fourth-order valence-corrected chi connectivity index (χ4v) is 4.05. The molecule has 0 aliphatic carbocycles. The van der Waals surface area contributed by atoms with Gasteiger partial charge in [-0.3, -0.25) is 34.2 Å². The van der Waals surface area contributed by atoms with Gasteiger partial charge in [0.15, 0.2) is 0 Å². The number of benzene rings is 1. The van der Waals surface area contributed by atoms with E-state index < -0.39 is 23.3 Å². The molecule has 0 unspecified atom stereocenters. The maximum atomic E-state index is 12.8. The molecule has 3 rings (SSSR count). The first kappa shape index (κ1) is 22.4. The first-order valence-electron chi connectivity index (χ1n) is 10.5. The predicted octanol–water partition coefficient (Wildman–Crippen LogP) is 1.69. The van der Waals surface area contributed by atoms with E-state index in [0.29, 0.717) is 32.6 Å². The first-order chi connectivity index (χ1) is 14.8. The van der Waals surface area contributed by atoms with Crippen LogP contribution in [0.5, 0.6) is 0 Å². The molecule has 0 aromatic heterocycles. The zero-order chi connectivity index (χ0) is 22.7. The molecule has 31 heavy (non-hydrogen) atoms. The average molecular weight is 430 g/mol. The predicted molar refractivity (Wildman–Crippen MR) is 110 cm³/mol. The van der Waals surface area contributed by atoms with Gasteiger partial charge in [-0.1, -0.05) is 13.8 Å². The third kappa shape index (κ3) is 4.42. The van der Waals surface area contributed by atoms with Crippen molar-refractivity contribution in [3.63, 3.8) is 0 Å². The Morgan fingerprint density at radius 3 is 2.26 bits per heavy atom. The number of nitro groups is 1. The van der Waals surface area contributed by atoms with Crippen molar-refractivity contribution in [2.45, 2.75) is 33.1 Å². The molecule has 2 aliphatic rings. The van der Waals surface area contributed by atoms with E-state index in [1.807, 2.05) is 13.8 Å². The van der Waals surface area contributed by atoms with Gasteiger partial charge in [0.1, 0.15) is 6.54 Å². The number of rotatable bonds is 6. The van der Waals surface area contributed by atoms with Crippen LogP contribution in [0.4, 0.5) is 5.69 Å². The number of non-ortho nitro benzene ring substituents is 1. The van der Waals surface area contributed by atoms with Crippen molar-refractivity contribution in [1.29, 1.82) is 0 Å². The summed E-state index contributed by atoms with van der Waals surface area (Å²) in [5, 5.41) is 10.9. The molecule has 2 heterocycles. The molecule has 1 aromatic rings. The van der Waals surface area contributed by atoms with Gasteiger partial charge in [0.2, 0.25) is 11.8 Å².